The minimum atomic E-state index is 0.350. The van der Waals surface area contributed by atoms with Crippen LogP contribution in [-0.4, -0.2) is 42.2 Å². The molecule has 0 heterocycles. The minimum Gasteiger partial charge on any atom is -0.396 e. The maximum atomic E-state index is 9.82. The minimum absolute atomic E-state index is 0.350. The number of hydrogen-bond acceptors (Lipinski definition) is 6. The molecule has 6 nitrogen and oxygen atoms in total. The van der Waals surface area contributed by atoms with Gasteiger partial charge in [0.2, 0.25) is 0 Å². The van der Waals surface area contributed by atoms with E-state index in [0.29, 0.717) is 109 Å². The van der Waals surface area contributed by atoms with Crippen molar-refractivity contribution in [2.75, 3.05) is 6.61 Å². The molecule has 0 aliphatic heterocycles. The summed E-state index contributed by atoms with van der Waals surface area (Å²) in [6.07, 6.45) is 75.8. The SMILES string of the molecule is CC[C@@H](C)[C@H]1CCC2[C@@H]3C(OP)C[C@@H]4C[C@H](C)CC[C@]4(C)C3CC[C@@]21C.CC[C@H](/C=C/[C@@H](C)[C@H]1CCC2[C@@H]3C(OP)C[C@@H]4C[C@H](C)CC[C@]4(C)C3CC[C@@]21C)C(C)C.CC[C@H](CC[C@@H](C)[C@H]1CCC2[C@@H]3C(OP)C[C@@H]4C[C@H](C)CC[C@]4(C)C3CC[C@@]21C)C(C)C.CC[C@H](CC[C@@H](C)[C@H]1CCC2[C@@H]3C(OP)C[C@@H]4C[C@H](C)CC[C@]4(C)C3CC[C@@]21C)C(C)C.C[C@@H]1CC[C@]2(C)C3CC[C@@]4(C)C(CC[C@@H]4[C@H](C)CO)[C@@H]3C(OP)C[C@@H]2C1. The van der Waals surface area contributed by atoms with Crippen LogP contribution in [-0.2, 0) is 22.6 Å². The van der Waals surface area contributed by atoms with Crippen LogP contribution in [0.25, 0.3) is 0 Å². The van der Waals surface area contributed by atoms with Gasteiger partial charge in [0, 0.05) is 53.9 Å². The predicted octanol–water partition coefficient (Wildman–Crippen LogP) is 40.1. The molecule has 20 rings (SSSR count). The molecule has 11 heteroatoms. The predicted molar refractivity (Wildman–Crippen MR) is 648 cm³/mol. The van der Waals surface area contributed by atoms with E-state index < -0.39 is 0 Å². The Kier molecular flexibility index (Phi) is 40.9. The average Bonchev–Trinajstić information content (AvgIpc) is 1.42. The molecule has 20 aliphatic carbocycles. The lowest BCUT2D eigenvalue weighted by atomic mass is 9.43. The van der Waals surface area contributed by atoms with Crippen LogP contribution in [0.5, 0.6) is 0 Å². The van der Waals surface area contributed by atoms with E-state index in [1.54, 1.807) is 0 Å². The quantitative estimate of drug-likeness (QED) is 0.0688. The zero-order valence-corrected chi connectivity index (χ0v) is 109. The molecular formula is C137H247O6P5. The van der Waals surface area contributed by atoms with E-state index in [2.05, 4.69) is 267 Å². The third kappa shape index (κ3) is 22.7. The van der Waals surface area contributed by atoms with Crippen LogP contribution in [0.1, 0.15) is 516 Å². The molecule has 856 valence electrons. The molecule has 0 bridgehead atoms. The van der Waals surface area contributed by atoms with Crippen LogP contribution < -0.4 is 0 Å². The second-order valence-electron chi connectivity index (χ2n) is 64.1. The van der Waals surface area contributed by atoms with Crippen molar-refractivity contribution >= 4 is 47.3 Å². The van der Waals surface area contributed by atoms with Gasteiger partial charge in [0.15, 0.2) is 0 Å². The lowest BCUT2D eigenvalue weighted by molar-refractivity contribution is -0.160. The van der Waals surface area contributed by atoms with Crippen LogP contribution >= 0.6 is 47.3 Å². The van der Waals surface area contributed by atoms with Gasteiger partial charge < -0.3 is 27.7 Å². The van der Waals surface area contributed by atoms with Crippen molar-refractivity contribution in [3.63, 3.8) is 0 Å². The van der Waals surface area contributed by atoms with Crippen LogP contribution in [0.2, 0.25) is 0 Å². The Balaban J connectivity index is 0.000000132. The van der Waals surface area contributed by atoms with Gasteiger partial charge in [0.1, 0.15) is 0 Å². The fraction of sp³-hybridized carbons (Fsp3) is 0.985. The van der Waals surface area contributed by atoms with Crippen molar-refractivity contribution in [1.82, 2.24) is 0 Å². The Morgan fingerprint density at radius 3 is 0.682 bits per heavy atom. The van der Waals surface area contributed by atoms with Crippen LogP contribution in [0.4, 0.5) is 0 Å². The standard InChI is InChI=1S/2C30H55OP.C30H53OP.C24H43OP.C23H41O2P/c3*1-8-22(19(2)3)10-9-21(5)24-11-12-25-28-26(14-16-30(24,25)7)29(6)15-13-20(4)17-23(29)18-27(28)31-32;1-6-16(3)18-7-8-19-22-20(10-12-24(18,19)5)23(4)11-9-15(2)13-17(23)14-21(22)25-26;1-14-7-9-22(3)16(11-14)12-20(25-26)21-18-6-5-17(15(2)13-24)23(18,4)10-8-19(21)22/h2*19-28H,8-18,32H2,1-7H3;9-10,19-28H,8,11-18,32H2,1-7H3;15-22H,6-14,26H2,1-5H3;14-21,24H,5-13,26H2,1-4H3/b;;10-9+;;/t3*20-,21-,22-,23+,24-,25?,26?,27?,28+,29+,30-;15-,16-,17+,18-,19?,20?,21?,22+,23+,24-;14-,15-,16+,17-,18?,19?,20?,21+,22+,23-/m11111/s1. The van der Waals surface area contributed by atoms with Crippen LogP contribution in [0.15, 0.2) is 12.2 Å². The number of aliphatic hydroxyl groups excluding tert-OH is 1. The number of aliphatic hydroxyl groups is 1. The summed E-state index contributed by atoms with van der Waals surface area (Å²) in [5.74, 6) is 34.8. The van der Waals surface area contributed by atoms with Gasteiger partial charge in [-0.3, -0.25) is 0 Å². The van der Waals surface area contributed by atoms with Crippen LogP contribution in [0.3, 0.4) is 0 Å². The maximum absolute atomic E-state index is 9.82. The summed E-state index contributed by atoms with van der Waals surface area (Å²) in [4.78, 5) is 0. The van der Waals surface area contributed by atoms with Gasteiger partial charge in [-0.05, 0) is 541 Å². The van der Waals surface area contributed by atoms with Gasteiger partial charge in [0.25, 0.3) is 0 Å². The van der Waals surface area contributed by atoms with Crippen molar-refractivity contribution in [1.29, 1.82) is 0 Å². The molecule has 20 unspecified atom stereocenters. The smallest absolute Gasteiger partial charge is 0.0647 e. The van der Waals surface area contributed by atoms with E-state index in [0.717, 1.165) is 225 Å². The fourth-order valence-electron chi connectivity index (χ4n) is 47.6. The Labute approximate surface area is 930 Å². The van der Waals surface area contributed by atoms with Crippen molar-refractivity contribution in [2.24, 2.45) is 297 Å². The van der Waals surface area contributed by atoms with Gasteiger partial charge in [-0.15, -0.1) is 0 Å². The zero-order valence-electron chi connectivity index (χ0n) is 103. The lowest BCUT2D eigenvalue weighted by Gasteiger charge is -2.63. The molecule has 58 atom stereocenters. The Hall–Kier alpha value is 1.65. The summed E-state index contributed by atoms with van der Waals surface area (Å²) in [6.45, 7) is 76.1. The molecule has 0 radical (unpaired) electrons. The normalized spacial score (nSPS) is 50.5. The van der Waals surface area contributed by atoms with Crippen molar-refractivity contribution < 1.29 is 27.7 Å². The highest BCUT2D eigenvalue weighted by Crippen LogP contribution is 2.77. The molecule has 0 amide bonds. The average molecular weight is 2150 g/mol. The van der Waals surface area contributed by atoms with E-state index in [4.69, 9.17) is 22.6 Å². The molecule has 0 aromatic rings. The molecule has 0 aromatic heterocycles. The highest BCUT2D eigenvalue weighted by Gasteiger charge is 2.71. The van der Waals surface area contributed by atoms with E-state index in [1.807, 2.05) is 0 Å². The molecule has 20 fully saturated rings. The summed E-state index contributed by atoms with van der Waals surface area (Å²) in [5.41, 5.74) is 5.43. The summed E-state index contributed by atoms with van der Waals surface area (Å²) >= 11 is 0. The molecule has 0 saturated heterocycles. The molecular weight excluding hydrogens is 1900 g/mol. The van der Waals surface area contributed by atoms with E-state index >= 15 is 0 Å². The highest BCUT2D eigenvalue weighted by molar-refractivity contribution is 7.10. The lowest BCUT2D eigenvalue weighted by Crippen LogP contribution is -2.58. The molecule has 20 aliphatic rings. The number of allylic oxidation sites excluding steroid dienone is 2. The Bertz CT molecular complexity index is 3970. The van der Waals surface area contributed by atoms with Crippen molar-refractivity contribution in [2.45, 2.75) is 546 Å². The summed E-state index contributed by atoms with van der Waals surface area (Å²) < 4.78 is 31.1. The number of rotatable bonds is 26. The third-order valence-electron chi connectivity index (χ3n) is 57.1. The van der Waals surface area contributed by atoms with Gasteiger partial charge >= 0.3 is 0 Å². The highest BCUT2D eigenvalue weighted by atomic mass is 31.0. The first-order valence-corrected chi connectivity index (χ1v) is 68.6. The van der Waals surface area contributed by atoms with E-state index in [1.165, 1.54) is 308 Å². The van der Waals surface area contributed by atoms with Gasteiger partial charge in [-0.1, -0.05) is 284 Å². The largest absolute Gasteiger partial charge is 0.396 e. The topological polar surface area (TPSA) is 66.4 Å². The van der Waals surface area contributed by atoms with Gasteiger partial charge in [0.05, 0.1) is 30.5 Å². The molecule has 148 heavy (non-hydrogen) atoms. The third-order valence-corrected chi connectivity index (χ3v) is 58.8. The van der Waals surface area contributed by atoms with Crippen molar-refractivity contribution in [3.8, 4) is 0 Å². The summed E-state index contributed by atoms with van der Waals surface area (Å²) in [6, 6.07) is 0. The zero-order chi connectivity index (χ0) is 107. The van der Waals surface area contributed by atoms with E-state index in [-0.39, 0.29) is 0 Å². The Morgan fingerprint density at radius 1 is 0.243 bits per heavy atom. The van der Waals surface area contributed by atoms with Crippen molar-refractivity contribution in [3.05, 3.63) is 12.2 Å². The first-order chi connectivity index (χ1) is 70.1. The summed E-state index contributed by atoms with van der Waals surface area (Å²) in [5, 5.41) is 9.82. The molecule has 20 saturated carbocycles. The molecule has 0 aromatic carbocycles. The second kappa shape index (κ2) is 49.6. The van der Waals surface area contributed by atoms with Gasteiger partial charge in [-0.2, -0.15) is 0 Å². The number of fused-ring (bicyclic) bond motifs is 25. The molecule has 0 spiro atoms. The Morgan fingerprint density at radius 2 is 0.466 bits per heavy atom. The first kappa shape index (κ1) is 122. The van der Waals surface area contributed by atoms with E-state index in [9.17, 15) is 5.11 Å². The molecule has 1 N–H and O–H groups in total. The monoisotopic (exact) mass is 2140 g/mol. The first-order valence-electron chi connectivity index (χ1n) is 66.2. The summed E-state index contributed by atoms with van der Waals surface area (Å²) in [7, 11) is 13.4. The number of hydrogen-bond donors (Lipinski definition) is 1. The second-order valence-corrected chi connectivity index (χ2v) is 65.5. The fourth-order valence-corrected chi connectivity index (χ4v) is 49.1. The van der Waals surface area contributed by atoms with Crippen LogP contribution in [0, 0.1) is 297 Å². The maximum Gasteiger partial charge on any atom is 0.0647 e. The van der Waals surface area contributed by atoms with Gasteiger partial charge in [-0.25, -0.2) is 0 Å².